The Bertz CT molecular complexity index is 794. The Balaban J connectivity index is 2.13. The molecule has 0 unspecified atom stereocenters. The highest BCUT2D eigenvalue weighted by Gasteiger charge is 2.24. The molecule has 1 aliphatic rings. The average Bonchev–Trinajstić information content (AvgIpc) is 2.51. The molecule has 0 atom stereocenters. The Morgan fingerprint density at radius 1 is 1.00 bits per heavy atom. The Kier molecular flexibility index (Phi) is 4.97. The molecule has 3 rings (SSSR count). The van der Waals surface area contributed by atoms with E-state index in [-0.39, 0.29) is 6.42 Å². The molecule has 2 aromatic carbocycles. The molecule has 0 amide bonds. The molecule has 4 heteroatoms. The molecule has 0 spiro atoms. The zero-order chi connectivity index (χ0) is 17.4. The first-order valence-electron chi connectivity index (χ1n) is 8.24. The monoisotopic (exact) mass is 358 g/mol. The van der Waals surface area contributed by atoms with Crippen LogP contribution in [0.15, 0.2) is 49.9 Å². The SMILES string of the molecule is CC(C)c1cc(CC(=O)O)c2c(c1)Sc1c(cccc1C(C)C)S2. The van der Waals surface area contributed by atoms with Gasteiger partial charge < -0.3 is 5.11 Å². The summed E-state index contributed by atoms with van der Waals surface area (Å²) in [7, 11) is 0. The van der Waals surface area contributed by atoms with E-state index >= 15 is 0 Å². The van der Waals surface area contributed by atoms with Gasteiger partial charge in [0, 0.05) is 19.6 Å². The van der Waals surface area contributed by atoms with E-state index in [0.29, 0.717) is 11.8 Å². The van der Waals surface area contributed by atoms with Crippen LogP contribution in [0, 0.1) is 0 Å². The molecular formula is C20H22O2S2. The molecule has 1 aliphatic heterocycles. The predicted molar refractivity (Wildman–Crippen MR) is 101 cm³/mol. The summed E-state index contributed by atoms with van der Waals surface area (Å²) >= 11 is 3.52. The standard InChI is InChI=1S/C20H22O2S2/c1-11(2)13-8-14(10-18(21)22)19-17(9-13)24-20-15(12(3)4)6-5-7-16(20)23-19/h5-9,11-12H,10H2,1-4H3,(H,21,22). The third kappa shape index (κ3) is 3.35. The van der Waals surface area contributed by atoms with Gasteiger partial charge in [-0.3, -0.25) is 4.79 Å². The molecule has 1 heterocycles. The minimum Gasteiger partial charge on any atom is -0.481 e. The van der Waals surface area contributed by atoms with Crippen molar-refractivity contribution >= 4 is 29.5 Å². The molecule has 1 N–H and O–H groups in total. The molecule has 0 aliphatic carbocycles. The summed E-state index contributed by atoms with van der Waals surface area (Å²) in [6.45, 7) is 8.74. The van der Waals surface area contributed by atoms with Crippen LogP contribution in [0.25, 0.3) is 0 Å². The van der Waals surface area contributed by atoms with Crippen LogP contribution in [-0.2, 0) is 11.2 Å². The Labute approximate surface area is 152 Å². The van der Waals surface area contributed by atoms with Crippen LogP contribution in [-0.4, -0.2) is 11.1 Å². The summed E-state index contributed by atoms with van der Waals surface area (Å²) in [5.74, 6) is 0.0852. The van der Waals surface area contributed by atoms with E-state index in [4.69, 9.17) is 0 Å². The number of benzene rings is 2. The zero-order valence-corrected chi connectivity index (χ0v) is 16.1. The van der Waals surface area contributed by atoms with E-state index in [2.05, 4.69) is 58.0 Å². The summed E-state index contributed by atoms with van der Waals surface area (Å²) in [6, 6.07) is 10.8. The molecule has 0 bridgehead atoms. The summed E-state index contributed by atoms with van der Waals surface area (Å²) < 4.78 is 0. The second-order valence-electron chi connectivity index (χ2n) is 6.77. The number of fused-ring (bicyclic) bond motifs is 2. The molecule has 0 saturated heterocycles. The lowest BCUT2D eigenvalue weighted by molar-refractivity contribution is -0.136. The van der Waals surface area contributed by atoms with Crippen LogP contribution in [0.5, 0.6) is 0 Å². The van der Waals surface area contributed by atoms with Gasteiger partial charge in [-0.25, -0.2) is 0 Å². The number of hydrogen-bond donors (Lipinski definition) is 1. The fraction of sp³-hybridized carbons (Fsp3) is 0.350. The fourth-order valence-electron chi connectivity index (χ4n) is 2.90. The topological polar surface area (TPSA) is 37.3 Å². The van der Waals surface area contributed by atoms with Gasteiger partial charge >= 0.3 is 5.97 Å². The molecule has 0 radical (unpaired) electrons. The smallest absolute Gasteiger partial charge is 0.307 e. The van der Waals surface area contributed by atoms with Crippen LogP contribution in [0.3, 0.4) is 0 Å². The molecular weight excluding hydrogens is 336 g/mol. The van der Waals surface area contributed by atoms with E-state index in [1.165, 1.54) is 25.8 Å². The lowest BCUT2D eigenvalue weighted by Gasteiger charge is -2.25. The van der Waals surface area contributed by atoms with Gasteiger partial charge in [-0.1, -0.05) is 69.4 Å². The second-order valence-corrected chi connectivity index (χ2v) is 8.87. The molecule has 2 aromatic rings. The third-order valence-corrected chi connectivity index (χ3v) is 6.92. The summed E-state index contributed by atoms with van der Waals surface area (Å²) in [5.41, 5.74) is 3.51. The number of hydrogen-bond acceptors (Lipinski definition) is 3. The molecule has 0 saturated carbocycles. The van der Waals surface area contributed by atoms with Crippen LogP contribution in [0.2, 0.25) is 0 Å². The number of rotatable bonds is 4. The van der Waals surface area contributed by atoms with Crippen molar-refractivity contribution in [1.29, 1.82) is 0 Å². The average molecular weight is 359 g/mol. The van der Waals surface area contributed by atoms with Crippen molar-refractivity contribution in [2.75, 3.05) is 0 Å². The summed E-state index contributed by atoms with van der Waals surface area (Å²) in [4.78, 5) is 16.2. The van der Waals surface area contributed by atoms with Gasteiger partial charge in [-0.15, -0.1) is 0 Å². The maximum atomic E-state index is 11.3. The number of carbonyl (C=O) groups is 1. The zero-order valence-electron chi connectivity index (χ0n) is 14.4. The lowest BCUT2D eigenvalue weighted by atomic mass is 9.99. The van der Waals surface area contributed by atoms with Crippen molar-refractivity contribution in [3.8, 4) is 0 Å². The van der Waals surface area contributed by atoms with Crippen LogP contribution >= 0.6 is 23.5 Å². The summed E-state index contributed by atoms with van der Waals surface area (Å²) in [5, 5.41) is 9.29. The number of aliphatic carboxylic acids is 1. The lowest BCUT2D eigenvalue weighted by Crippen LogP contribution is -2.06. The maximum Gasteiger partial charge on any atom is 0.307 e. The van der Waals surface area contributed by atoms with Gasteiger partial charge in [0.05, 0.1) is 6.42 Å². The van der Waals surface area contributed by atoms with Crippen LogP contribution in [0.4, 0.5) is 0 Å². The van der Waals surface area contributed by atoms with Gasteiger partial charge in [0.1, 0.15) is 0 Å². The molecule has 2 nitrogen and oxygen atoms in total. The van der Waals surface area contributed by atoms with E-state index in [9.17, 15) is 9.90 Å². The molecule has 126 valence electrons. The normalized spacial score (nSPS) is 13.1. The minimum atomic E-state index is -0.773. The number of carboxylic acids is 1. The first-order valence-corrected chi connectivity index (χ1v) is 9.87. The highest BCUT2D eigenvalue weighted by molar-refractivity contribution is 8.05. The van der Waals surface area contributed by atoms with E-state index < -0.39 is 5.97 Å². The Hall–Kier alpha value is -1.39. The van der Waals surface area contributed by atoms with Crippen molar-refractivity contribution in [2.45, 2.75) is 65.5 Å². The van der Waals surface area contributed by atoms with E-state index in [0.717, 1.165) is 10.5 Å². The quantitative estimate of drug-likeness (QED) is 0.604. The highest BCUT2D eigenvalue weighted by atomic mass is 32.2. The molecule has 0 fully saturated rings. The third-order valence-electron chi connectivity index (χ3n) is 4.22. The van der Waals surface area contributed by atoms with Crippen molar-refractivity contribution in [2.24, 2.45) is 0 Å². The van der Waals surface area contributed by atoms with Crippen molar-refractivity contribution in [3.63, 3.8) is 0 Å². The van der Waals surface area contributed by atoms with Crippen LogP contribution < -0.4 is 0 Å². The Morgan fingerprint density at radius 2 is 1.71 bits per heavy atom. The molecule has 24 heavy (non-hydrogen) atoms. The maximum absolute atomic E-state index is 11.3. The number of carboxylic acid groups (broad SMARTS) is 1. The van der Waals surface area contributed by atoms with E-state index in [1.54, 1.807) is 23.5 Å². The predicted octanol–water partition coefficient (Wildman–Crippen LogP) is 6.18. The molecule has 0 aromatic heterocycles. The fourth-order valence-corrected chi connectivity index (χ4v) is 5.63. The van der Waals surface area contributed by atoms with Gasteiger partial charge in [0.25, 0.3) is 0 Å². The first-order chi connectivity index (χ1) is 11.4. The van der Waals surface area contributed by atoms with Crippen molar-refractivity contribution in [1.82, 2.24) is 0 Å². The summed E-state index contributed by atoms with van der Waals surface area (Å²) in [6.07, 6.45) is 0.0790. The van der Waals surface area contributed by atoms with Gasteiger partial charge in [-0.05, 0) is 40.7 Å². The van der Waals surface area contributed by atoms with E-state index in [1.807, 2.05) is 0 Å². The second kappa shape index (κ2) is 6.85. The van der Waals surface area contributed by atoms with Gasteiger partial charge in [0.15, 0.2) is 0 Å². The minimum absolute atomic E-state index is 0.0790. The largest absolute Gasteiger partial charge is 0.481 e. The van der Waals surface area contributed by atoms with Crippen molar-refractivity contribution < 1.29 is 9.90 Å². The van der Waals surface area contributed by atoms with Gasteiger partial charge in [0.2, 0.25) is 0 Å². The Morgan fingerprint density at radius 3 is 2.33 bits per heavy atom. The first kappa shape index (κ1) is 17.4. The van der Waals surface area contributed by atoms with Gasteiger partial charge in [-0.2, -0.15) is 0 Å². The van der Waals surface area contributed by atoms with Crippen LogP contribution in [0.1, 0.15) is 56.2 Å². The van der Waals surface area contributed by atoms with Crippen molar-refractivity contribution in [3.05, 3.63) is 47.0 Å². The highest BCUT2D eigenvalue weighted by Crippen LogP contribution is 2.52.